The summed E-state index contributed by atoms with van der Waals surface area (Å²) >= 11 is 0. The fourth-order valence-corrected chi connectivity index (χ4v) is 2.51. The highest BCUT2D eigenvalue weighted by Crippen LogP contribution is 2.11. The molecule has 0 aromatic heterocycles. The number of allylic oxidation sites excluding steroid dienone is 4. The van der Waals surface area contributed by atoms with Crippen molar-refractivity contribution < 1.29 is 9.90 Å². The van der Waals surface area contributed by atoms with Crippen molar-refractivity contribution in [2.75, 3.05) is 0 Å². The largest absolute Gasteiger partial charge is 0.385 e. The number of carbonyl (C=O) groups is 1. The molecular weight excluding hydrogens is 248 g/mol. The summed E-state index contributed by atoms with van der Waals surface area (Å²) in [6, 6.07) is 0. The third kappa shape index (κ3) is 9.08. The zero-order valence-corrected chi connectivity index (χ0v) is 12.7. The zero-order chi connectivity index (χ0) is 14.5. The van der Waals surface area contributed by atoms with Gasteiger partial charge in [0, 0.05) is 6.42 Å². The number of rotatable bonds is 0. The van der Waals surface area contributed by atoms with E-state index in [1.54, 1.807) is 0 Å². The van der Waals surface area contributed by atoms with E-state index >= 15 is 0 Å². The lowest BCUT2D eigenvalue weighted by atomic mass is 10.0. The number of hydrogen-bond acceptors (Lipinski definition) is 2. The van der Waals surface area contributed by atoms with Gasteiger partial charge >= 0.3 is 0 Å². The number of ketones is 1. The van der Waals surface area contributed by atoms with Crippen LogP contribution in [-0.4, -0.2) is 17.0 Å². The van der Waals surface area contributed by atoms with E-state index in [1.807, 2.05) is 0 Å². The van der Waals surface area contributed by atoms with Crippen molar-refractivity contribution in [3.8, 4) is 0 Å². The number of aliphatic hydroxyl groups excluding tert-OH is 1. The van der Waals surface area contributed by atoms with Crippen molar-refractivity contribution in [1.82, 2.24) is 0 Å². The molecule has 0 heterocycles. The summed E-state index contributed by atoms with van der Waals surface area (Å²) in [5.74, 6) is -0.0100. The monoisotopic (exact) mass is 278 g/mol. The molecule has 1 aliphatic rings. The predicted molar refractivity (Wildman–Crippen MR) is 84.7 cm³/mol. The standard InChI is InChI=1S/C18H30O2/c19-17-15-13-11-9-7-5-3-1-2-4-6-8-10-12-14-16-18(17)20/h9-12,17,19H,1-8,13-16H2/b11-9+,12-10+. The molecule has 0 aromatic carbocycles. The molecule has 0 amide bonds. The Bertz CT molecular complexity index is 305. The summed E-state index contributed by atoms with van der Waals surface area (Å²) < 4.78 is 0. The van der Waals surface area contributed by atoms with Gasteiger partial charge in [-0.25, -0.2) is 0 Å². The van der Waals surface area contributed by atoms with Crippen LogP contribution < -0.4 is 0 Å². The van der Waals surface area contributed by atoms with Gasteiger partial charge in [-0.05, 0) is 44.9 Å². The first-order valence-corrected chi connectivity index (χ1v) is 8.31. The molecule has 2 nitrogen and oxygen atoms in total. The molecule has 0 radical (unpaired) electrons. The molecule has 0 saturated carbocycles. The van der Waals surface area contributed by atoms with Gasteiger partial charge in [-0.2, -0.15) is 0 Å². The van der Waals surface area contributed by atoms with Crippen molar-refractivity contribution in [2.45, 2.75) is 83.2 Å². The molecule has 0 aromatic rings. The van der Waals surface area contributed by atoms with Gasteiger partial charge in [0.25, 0.3) is 0 Å². The van der Waals surface area contributed by atoms with Crippen molar-refractivity contribution in [1.29, 1.82) is 0 Å². The Balaban J connectivity index is 2.33. The molecule has 1 unspecified atom stereocenters. The Hall–Kier alpha value is -0.890. The average Bonchev–Trinajstić information content (AvgIpc) is 2.45. The summed E-state index contributed by atoms with van der Waals surface area (Å²) in [4.78, 5) is 11.7. The molecular formula is C18H30O2. The number of Topliss-reactive ketones (excluding diaryl/α,β-unsaturated/α-hetero) is 1. The Morgan fingerprint density at radius 3 is 1.90 bits per heavy atom. The summed E-state index contributed by atoms with van der Waals surface area (Å²) in [5, 5.41) is 9.76. The van der Waals surface area contributed by atoms with Crippen LogP contribution in [0.15, 0.2) is 24.3 Å². The molecule has 2 heteroatoms. The van der Waals surface area contributed by atoms with Gasteiger partial charge in [-0.15, -0.1) is 0 Å². The molecule has 1 rings (SSSR count). The van der Waals surface area contributed by atoms with Crippen LogP contribution in [0, 0.1) is 0 Å². The number of hydrogen-bond donors (Lipinski definition) is 1. The minimum absolute atomic E-state index is 0.0100. The molecule has 1 aliphatic carbocycles. The van der Waals surface area contributed by atoms with Crippen molar-refractivity contribution in [3.63, 3.8) is 0 Å². The maximum Gasteiger partial charge on any atom is 0.161 e. The third-order valence-corrected chi connectivity index (χ3v) is 3.86. The lowest BCUT2D eigenvalue weighted by Crippen LogP contribution is -2.19. The van der Waals surface area contributed by atoms with Gasteiger partial charge in [0.05, 0.1) is 0 Å². The molecule has 0 aliphatic heterocycles. The summed E-state index contributed by atoms with van der Waals surface area (Å²) in [6.45, 7) is 0. The maximum absolute atomic E-state index is 11.7. The predicted octanol–water partition coefficient (Wildman–Crippen LogP) is 4.72. The topological polar surface area (TPSA) is 37.3 Å². The average molecular weight is 278 g/mol. The van der Waals surface area contributed by atoms with E-state index in [2.05, 4.69) is 24.3 Å². The first-order chi connectivity index (χ1) is 9.80. The quantitative estimate of drug-likeness (QED) is 0.651. The van der Waals surface area contributed by atoms with E-state index in [0.717, 1.165) is 25.7 Å². The summed E-state index contributed by atoms with van der Waals surface area (Å²) in [7, 11) is 0. The SMILES string of the molecule is O=C1CC/C=C/CCCCCCCC/C=C/CCC1O. The zero-order valence-electron chi connectivity index (χ0n) is 12.7. The van der Waals surface area contributed by atoms with Gasteiger partial charge in [-0.1, -0.05) is 50.0 Å². The van der Waals surface area contributed by atoms with E-state index in [4.69, 9.17) is 0 Å². The van der Waals surface area contributed by atoms with Crippen LogP contribution >= 0.6 is 0 Å². The van der Waals surface area contributed by atoms with Crippen LogP contribution in [0.2, 0.25) is 0 Å². The van der Waals surface area contributed by atoms with E-state index in [1.165, 1.54) is 38.5 Å². The minimum atomic E-state index is -0.771. The normalized spacial score (nSPS) is 28.2. The molecule has 20 heavy (non-hydrogen) atoms. The molecule has 0 fully saturated rings. The van der Waals surface area contributed by atoms with Crippen LogP contribution in [0.3, 0.4) is 0 Å². The van der Waals surface area contributed by atoms with Crippen LogP contribution in [0.1, 0.15) is 77.0 Å². The van der Waals surface area contributed by atoms with Gasteiger partial charge in [0.15, 0.2) is 5.78 Å². The van der Waals surface area contributed by atoms with E-state index in [-0.39, 0.29) is 5.78 Å². The van der Waals surface area contributed by atoms with Crippen LogP contribution in [0.5, 0.6) is 0 Å². The highest BCUT2D eigenvalue weighted by molar-refractivity contribution is 5.82. The number of aliphatic hydroxyl groups is 1. The van der Waals surface area contributed by atoms with Crippen molar-refractivity contribution in [3.05, 3.63) is 24.3 Å². The molecule has 0 bridgehead atoms. The van der Waals surface area contributed by atoms with Crippen molar-refractivity contribution in [2.24, 2.45) is 0 Å². The smallest absolute Gasteiger partial charge is 0.161 e. The molecule has 1 N–H and O–H groups in total. The van der Waals surface area contributed by atoms with Gasteiger partial charge in [0.2, 0.25) is 0 Å². The third-order valence-electron chi connectivity index (χ3n) is 3.86. The molecule has 0 saturated heterocycles. The highest BCUT2D eigenvalue weighted by Gasteiger charge is 2.12. The van der Waals surface area contributed by atoms with Gasteiger partial charge in [-0.3, -0.25) is 4.79 Å². The van der Waals surface area contributed by atoms with Crippen molar-refractivity contribution >= 4 is 5.78 Å². The summed E-state index contributed by atoms with van der Waals surface area (Å²) in [5.41, 5.74) is 0. The Kier molecular flexibility index (Phi) is 10.2. The fraction of sp³-hybridized carbons (Fsp3) is 0.722. The van der Waals surface area contributed by atoms with E-state index in [9.17, 15) is 9.90 Å². The Labute approximate surface area is 124 Å². The first-order valence-electron chi connectivity index (χ1n) is 8.31. The Morgan fingerprint density at radius 1 is 0.750 bits per heavy atom. The van der Waals surface area contributed by atoms with Crippen LogP contribution in [0.25, 0.3) is 0 Å². The Morgan fingerprint density at radius 2 is 1.25 bits per heavy atom. The minimum Gasteiger partial charge on any atom is -0.385 e. The van der Waals surface area contributed by atoms with E-state index in [0.29, 0.717) is 12.8 Å². The van der Waals surface area contributed by atoms with Gasteiger partial charge in [0.1, 0.15) is 6.10 Å². The van der Waals surface area contributed by atoms with Crippen LogP contribution in [0.4, 0.5) is 0 Å². The lowest BCUT2D eigenvalue weighted by Gasteiger charge is -2.07. The number of carbonyl (C=O) groups excluding carboxylic acids is 1. The lowest BCUT2D eigenvalue weighted by molar-refractivity contribution is -0.127. The van der Waals surface area contributed by atoms with Gasteiger partial charge < -0.3 is 5.11 Å². The maximum atomic E-state index is 11.7. The highest BCUT2D eigenvalue weighted by atomic mass is 16.3. The second-order valence-corrected chi connectivity index (χ2v) is 5.74. The second-order valence-electron chi connectivity index (χ2n) is 5.74. The molecule has 0 spiro atoms. The van der Waals surface area contributed by atoms with Crippen LogP contribution in [-0.2, 0) is 4.79 Å². The second kappa shape index (κ2) is 11.9. The molecule has 1 atom stereocenters. The molecule has 114 valence electrons. The fourth-order valence-electron chi connectivity index (χ4n) is 2.51. The van der Waals surface area contributed by atoms with E-state index < -0.39 is 6.10 Å². The summed E-state index contributed by atoms with van der Waals surface area (Å²) in [6.07, 6.45) is 20.5. The first kappa shape index (κ1) is 17.2.